The third-order valence-electron chi connectivity index (χ3n) is 0.903. The zero-order valence-corrected chi connectivity index (χ0v) is 6.88. The molecule has 0 fully saturated rings. The Morgan fingerprint density at radius 2 is 2.00 bits per heavy atom. The predicted molar refractivity (Wildman–Crippen MR) is 37.6 cm³/mol. The van der Waals surface area contributed by atoms with Crippen LogP contribution in [-0.2, 0) is 19.4 Å². The van der Waals surface area contributed by atoms with E-state index in [0.29, 0.717) is 0 Å². The summed E-state index contributed by atoms with van der Waals surface area (Å²) in [7, 11) is -2.66. The number of carbonyl (C=O) groups excluding carboxylic acids is 1. The highest BCUT2D eigenvalue weighted by Crippen LogP contribution is 2.04. The molecule has 0 heterocycles. The molecule has 0 atom stereocenters. The van der Waals surface area contributed by atoms with Gasteiger partial charge in [0.15, 0.2) is 14.7 Å². The van der Waals surface area contributed by atoms with Crippen molar-refractivity contribution in [1.29, 1.82) is 0 Å². The van der Waals surface area contributed by atoms with E-state index in [1.54, 1.807) is 0 Å². The molecule has 0 aromatic heterocycles. The van der Waals surface area contributed by atoms with Gasteiger partial charge in [-0.1, -0.05) is 0 Å². The molecule has 0 aliphatic heterocycles. The van der Waals surface area contributed by atoms with Crippen LogP contribution in [-0.4, -0.2) is 32.9 Å². The molecule has 0 aliphatic carbocycles. The Balaban J connectivity index is 4.89. The van der Waals surface area contributed by atoms with Gasteiger partial charge in [-0.2, -0.15) is 0 Å². The molecule has 5 nitrogen and oxygen atoms in total. The van der Waals surface area contributed by atoms with Gasteiger partial charge in [0.2, 0.25) is 0 Å². The zero-order valence-electron chi connectivity index (χ0n) is 6.07. The van der Waals surface area contributed by atoms with Crippen molar-refractivity contribution in [3.05, 3.63) is 11.2 Å². The van der Waals surface area contributed by atoms with Crippen LogP contribution in [0.2, 0.25) is 0 Å². The summed E-state index contributed by atoms with van der Waals surface area (Å²) in [6, 6.07) is 0. The van der Waals surface area contributed by atoms with Crippen molar-refractivity contribution in [2.45, 2.75) is 0 Å². The number of methoxy groups -OCH3 is 1. The van der Waals surface area contributed by atoms with E-state index in [0.717, 1.165) is 13.4 Å². The summed E-state index contributed by atoms with van der Waals surface area (Å²) in [6.45, 7) is 0. The van der Waals surface area contributed by atoms with E-state index in [9.17, 15) is 13.2 Å². The highest BCUT2D eigenvalue weighted by atomic mass is 32.2. The maximum Gasteiger partial charge on any atom is 0.352 e. The molecule has 0 aliphatic rings. The van der Waals surface area contributed by atoms with E-state index >= 15 is 0 Å². The number of sulfone groups is 1. The molecule has 1 N–H and O–H groups in total. The van der Waals surface area contributed by atoms with Gasteiger partial charge in [0.05, 0.1) is 7.11 Å². The maximum atomic E-state index is 10.6. The average Bonchev–Trinajstić information content (AvgIpc) is 1.86. The summed E-state index contributed by atoms with van der Waals surface area (Å²) < 4.78 is 25.4. The first kappa shape index (κ1) is 9.96. The molecule has 0 saturated carbocycles. The molecule has 0 aromatic rings. The summed E-state index contributed by atoms with van der Waals surface area (Å²) in [5.74, 6) is -1.07. The number of rotatable bonds is 2. The summed E-state index contributed by atoms with van der Waals surface area (Å²) >= 11 is 0. The van der Waals surface area contributed by atoms with Crippen LogP contribution in [0.5, 0.6) is 0 Å². The molecule has 0 radical (unpaired) electrons. The fraction of sp³-hybridized carbons (Fsp3) is 0.400. The van der Waals surface area contributed by atoms with Gasteiger partial charge in [0.25, 0.3) is 0 Å². The minimum Gasteiger partial charge on any atom is -0.514 e. The lowest BCUT2D eigenvalue weighted by atomic mass is 10.6. The van der Waals surface area contributed by atoms with Crippen LogP contribution in [0.1, 0.15) is 0 Å². The number of hydrogen-bond donors (Lipinski definition) is 1. The zero-order chi connectivity index (χ0) is 9.07. The molecule has 0 spiro atoms. The lowest BCUT2D eigenvalue weighted by molar-refractivity contribution is -0.135. The fourth-order valence-corrected chi connectivity index (χ4v) is 0.978. The number of aliphatic hydroxyl groups is 1. The van der Waals surface area contributed by atoms with Crippen LogP contribution in [0.3, 0.4) is 0 Å². The Hall–Kier alpha value is -1.04. The summed E-state index contributed by atoms with van der Waals surface area (Å²) in [4.78, 5) is 9.81. The van der Waals surface area contributed by atoms with Gasteiger partial charge in [0, 0.05) is 6.26 Å². The SMILES string of the molecule is COC(=O)/C(=C/O)S(C)(=O)=O. The van der Waals surface area contributed by atoms with Crippen LogP contribution in [0.25, 0.3) is 0 Å². The number of aliphatic hydroxyl groups excluding tert-OH is 1. The van der Waals surface area contributed by atoms with E-state index < -0.39 is 20.7 Å². The largest absolute Gasteiger partial charge is 0.514 e. The van der Waals surface area contributed by atoms with E-state index in [-0.39, 0.29) is 6.26 Å². The number of ether oxygens (including phenoxy) is 1. The monoisotopic (exact) mass is 180 g/mol. The first-order chi connectivity index (χ1) is 4.93. The third-order valence-corrected chi connectivity index (χ3v) is 1.97. The minimum atomic E-state index is -3.69. The van der Waals surface area contributed by atoms with E-state index in [2.05, 4.69) is 4.74 Å². The van der Waals surface area contributed by atoms with Crippen molar-refractivity contribution in [3.63, 3.8) is 0 Å². The van der Waals surface area contributed by atoms with Crippen LogP contribution >= 0.6 is 0 Å². The molecule has 0 bridgehead atoms. The minimum absolute atomic E-state index is 0.209. The van der Waals surface area contributed by atoms with Gasteiger partial charge in [-0.25, -0.2) is 13.2 Å². The quantitative estimate of drug-likeness (QED) is 0.355. The van der Waals surface area contributed by atoms with Gasteiger partial charge < -0.3 is 9.84 Å². The lowest BCUT2D eigenvalue weighted by Gasteiger charge is -1.99. The Labute approximate surface area is 64.2 Å². The van der Waals surface area contributed by atoms with E-state index in [4.69, 9.17) is 5.11 Å². The average molecular weight is 180 g/mol. The second-order valence-electron chi connectivity index (χ2n) is 1.76. The van der Waals surface area contributed by atoms with E-state index in [1.165, 1.54) is 0 Å². The lowest BCUT2D eigenvalue weighted by Crippen LogP contribution is -2.13. The standard InChI is InChI=1S/C5H8O5S/c1-10-5(7)4(3-6)11(2,8)9/h3,6H,1-2H3/b4-3-. The smallest absolute Gasteiger partial charge is 0.352 e. The van der Waals surface area contributed by atoms with Crippen LogP contribution in [0, 0.1) is 0 Å². The van der Waals surface area contributed by atoms with Crippen LogP contribution in [0.15, 0.2) is 11.2 Å². The molecule has 11 heavy (non-hydrogen) atoms. The Morgan fingerprint density at radius 3 is 2.09 bits per heavy atom. The predicted octanol–water partition coefficient (Wildman–Crippen LogP) is -0.397. The van der Waals surface area contributed by atoms with E-state index in [1.807, 2.05) is 0 Å². The second-order valence-corrected chi connectivity index (χ2v) is 3.74. The summed E-state index contributed by atoms with van der Waals surface area (Å²) in [5, 5.41) is 8.32. The molecule has 0 saturated heterocycles. The molecular formula is C5H8O5S. The molecule has 0 unspecified atom stereocenters. The highest BCUT2D eigenvalue weighted by molar-refractivity contribution is 7.95. The second kappa shape index (κ2) is 3.38. The Morgan fingerprint density at radius 1 is 1.55 bits per heavy atom. The van der Waals surface area contributed by atoms with Crippen LogP contribution < -0.4 is 0 Å². The molecular weight excluding hydrogens is 172 g/mol. The van der Waals surface area contributed by atoms with Gasteiger partial charge in [0.1, 0.15) is 6.26 Å². The molecule has 0 rings (SSSR count). The fourth-order valence-electron chi connectivity index (χ4n) is 0.400. The topological polar surface area (TPSA) is 80.7 Å². The molecule has 64 valence electrons. The number of carbonyl (C=O) groups is 1. The molecule has 6 heteroatoms. The van der Waals surface area contributed by atoms with Crippen molar-refractivity contribution < 1.29 is 23.1 Å². The Bertz CT molecular complexity index is 273. The molecule has 0 aromatic carbocycles. The summed E-state index contributed by atoms with van der Waals surface area (Å²) in [6.07, 6.45) is 1.01. The third kappa shape index (κ3) is 2.58. The maximum absolute atomic E-state index is 10.6. The highest BCUT2D eigenvalue weighted by Gasteiger charge is 2.20. The van der Waals surface area contributed by atoms with Gasteiger partial charge >= 0.3 is 5.97 Å². The summed E-state index contributed by atoms with van der Waals surface area (Å²) in [5.41, 5.74) is 0. The normalized spacial score (nSPS) is 12.7. The number of esters is 1. The Kier molecular flexibility index (Phi) is 3.06. The first-order valence-corrected chi connectivity index (χ1v) is 4.45. The van der Waals surface area contributed by atoms with Crippen molar-refractivity contribution >= 4 is 15.8 Å². The van der Waals surface area contributed by atoms with Crippen molar-refractivity contribution in [2.75, 3.05) is 13.4 Å². The van der Waals surface area contributed by atoms with Gasteiger partial charge in [-0.15, -0.1) is 0 Å². The molecule has 0 amide bonds. The first-order valence-electron chi connectivity index (χ1n) is 2.56. The van der Waals surface area contributed by atoms with Crippen molar-refractivity contribution in [2.24, 2.45) is 0 Å². The van der Waals surface area contributed by atoms with Crippen molar-refractivity contribution in [3.8, 4) is 0 Å². The van der Waals surface area contributed by atoms with Gasteiger partial charge in [-0.3, -0.25) is 0 Å². The van der Waals surface area contributed by atoms with Crippen molar-refractivity contribution in [1.82, 2.24) is 0 Å². The van der Waals surface area contributed by atoms with Gasteiger partial charge in [-0.05, 0) is 0 Å². The van der Waals surface area contributed by atoms with Crippen LogP contribution in [0.4, 0.5) is 0 Å². The number of hydrogen-bond acceptors (Lipinski definition) is 5.